The zero-order valence-electron chi connectivity index (χ0n) is 15.0. The SMILES string of the molecule is CC(O)C1C(=O)N2C(C(=O)O)=C(SC3CNC(CNS(N)(=O)=O)C3)C(C)[C@@H]12. The van der Waals surface area contributed by atoms with Crippen LogP contribution in [0.1, 0.15) is 20.3 Å². The number of thioether (sulfide) groups is 1. The minimum Gasteiger partial charge on any atom is -0.477 e. The van der Waals surface area contributed by atoms with E-state index in [-0.39, 0.29) is 41.4 Å². The molecule has 6 atom stereocenters. The fourth-order valence-corrected chi connectivity index (χ4v) is 6.05. The molecule has 6 N–H and O–H groups in total. The summed E-state index contributed by atoms with van der Waals surface area (Å²) < 4.78 is 24.3. The lowest BCUT2D eigenvalue weighted by Gasteiger charge is -2.46. The maximum atomic E-state index is 12.3. The highest BCUT2D eigenvalue weighted by Crippen LogP contribution is 2.51. The number of rotatable bonds is 7. The maximum Gasteiger partial charge on any atom is 0.353 e. The number of amides is 1. The number of hydrogen-bond donors (Lipinski definition) is 5. The molecule has 0 aromatic rings. The van der Waals surface area contributed by atoms with Crippen molar-refractivity contribution in [3.63, 3.8) is 0 Å². The van der Waals surface area contributed by atoms with Gasteiger partial charge in [0.15, 0.2) is 0 Å². The van der Waals surface area contributed by atoms with E-state index in [9.17, 15) is 28.2 Å². The molecular formula is C15H24N4O6S2. The molecule has 3 heterocycles. The summed E-state index contributed by atoms with van der Waals surface area (Å²) in [7, 11) is -3.76. The molecule has 12 heteroatoms. The second-order valence-electron chi connectivity index (χ2n) is 7.25. The van der Waals surface area contributed by atoms with Crippen LogP contribution in [0.2, 0.25) is 0 Å². The van der Waals surface area contributed by atoms with Gasteiger partial charge in [0.2, 0.25) is 5.91 Å². The van der Waals surface area contributed by atoms with Gasteiger partial charge in [-0.15, -0.1) is 11.8 Å². The Bertz CT molecular complexity index is 783. The lowest BCUT2D eigenvalue weighted by Crippen LogP contribution is -2.63. The Labute approximate surface area is 161 Å². The van der Waals surface area contributed by atoms with Crippen molar-refractivity contribution >= 4 is 33.8 Å². The third-order valence-electron chi connectivity index (χ3n) is 5.32. The number of carboxylic acid groups (broad SMARTS) is 1. The Hall–Kier alpha value is -1.18. The zero-order chi connectivity index (χ0) is 20.1. The number of nitrogens with two attached hydrogens (primary N) is 1. The van der Waals surface area contributed by atoms with E-state index in [2.05, 4.69) is 10.0 Å². The molecule has 0 spiro atoms. The highest BCUT2D eigenvalue weighted by molar-refractivity contribution is 8.03. The Kier molecular flexibility index (Phi) is 5.58. The van der Waals surface area contributed by atoms with E-state index in [1.54, 1.807) is 6.92 Å². The molecule has 0 saturated carbocycles. The molecule has 2 saturated heterocycles. The maximum absolute atomic E-state index is 12.3. The van der Waals surface area contributed by atoms with Crippen LogP contribution in [-0.2, 0) is 19.8 Å². The third-order valence-corrected chi connectivity index (χ3v) is 7.40. The second kappa shape index (κ2) is 7.33. The van der Waals surface area contributed by atoms with Gasteiger partial charge in [0.25, 0.3) is 10.2 Å². The number of carbonyl (C=O) groups is 2. The average Bonchev–Trinajstić information content (AvgIpc) is 3.07. The topological polar surface area (TPSA) is 162 Å². The molecular weight excluding hydrogens is 396 g/mol. The van der Waals surface area contributed by atoms with Gasteiger partial charge in [0, 0.05) is 35.2 Å². The molecule has 3 aliphatic heterocycles. The van der Waals surface area contributed by atoms with Crippen LogP contribution in [-0.4, -0.2) is 71.9 Å². The number of β-lactam (4-membered cyclic amide) rings is 1. The van der Waals surface area contributed by atoms with Crippen LogP contribution in [0, 0.1) is 11.8 Å². The van der Waals surface area contributed by atoms with Crippen molar-refractivity contribution in [3.8, 4) is 0 Å². The predicted octanol–water partition coefficient (Wildman–Crippen LogP) is -1.60. The first-order chi connectivity index (χ1) is 12.5. The first-order valence-corrected chi connectivity index (χ1v) is 11.1. The van der Waals surface area contributed by atoms with Crippen LogP contribution in [0.5, 0.6) is 0 Å². The summed E-state index contributed by atoms with van der Waals surface area (Å²) in [6.07, 6.45) is -0.197. The van der Waals surface area contributed by atoms with Crippen LogP contribution in [0.15, 0.2) is 10.6 Å². The van der Waals surface area contributed by atoms with Gasteiger partial charge in [-0.2, -0.15) is 8.42 Å². The Morgan fingerprint density at radius 1 is 1.52 bits per heavy atom. The smallest absolute Gasteiger partial charge is 0.353 e. The molecule has 152 valence electrons. The van der Waals surface area contributed by atoms with Gasteiger partial charge >= 0.3 is 5.97 Å². The lowest BCUT2D eigenvalue weighted by molar-refractivity contribution is -0.163. The van der Waals surface area contributed by atoms with E-state index < -0.39 is 28.2 Å². The quantitative estimate of drug-likeness (QED) is 0.308. The minimum absolute atomic E-state index is 0.00510. The number of fused-ring (bicyclic) bond motifs is 1. The van der Waals surface area contributed by atoms with Crippen LogP contribution >= 0.6 is 11.8 Å². The van der Waals surface area contributed by atoms with Gasteiger partial charge in [-0.3, -0.25) is 4.79 Å². The fraction of sp³-hybridized carbons (Fsp3) is 0.733. The number of carboxylic acids is 1. The van der Waals surface area contributed by atoms with E-state index >= 15 is 0 Å². The summed E-state index contributed by atoms with van der Waals surface area (Å²) in [5.41, 5.74) is 0.00510. The molecule has 10 nitrogen and oxygen atoms in total. The molecule has 27 heavy (non-hydrogen) atoms. The molecule has 5 unspecified atom stereocenters. The molecule has 3 aliphatic rings. The van der Waals surface area contributed by atoms with Crippen molar-refractivity contribution in [2.75, 3.05) is 13.1 Å². The van der Waals surface area contributed by atoms with Crippen LogP contribution in [0.25, 0.3) is 0 Å². The van der Waals surface area contributed by atoms with Gasteiger partial charge in [-0.1, -0.05) is 6.92 Å². The zero-order valence-corrected chi connectivity index (χ0v) is 16.6. The normalized spacial score (nSPS) is 34.6. The van der Waals surface area contributed by atoms with E-state index in [1.807, 2.05) is 6.92 Å². The number of nitrogens with zero attached hydrogens (tertiary/aromatic N) is 1. The number of nitrogens with one attached hydrogen (secondary N) is 2. The highest BCUT2D eigenvalue weighted by atomic mass is 32.2. The largest absolute Gasteiger partial charge is 0.477 e. The van der Waals surface area contributed by atoms with Gasteiger partial charge in [-0.25, -0.2) is 14.7 Å². The monoisotopic (exact) mass is 420 g/mol. The number of carbonyl (C=O) groups excluding carboxylic acids is 1. The molecule has 0 bridgehead atoms. The first kappa shape index (κ1) is 20.6. The van der Waals surface area contributed by atoms with Crippen molar-refractivity contribution in [1.29, 1.82) is 0 Å². The van der Waals surface area contributed by atoms with Crippen LogP contribution in [0.4, 0.5) is 0 Å². The van der Waals surface area contributed by atoms with Crippen molar-refractivity contribution in [1.82, 2.24) is 14.9 Å². The molecule has 0 aromatic carbocycles. The van der Waals surface area contributed by atoms with Gasteiger partial charge < -0.3 is 20.4 Å². The summed E-state index contributed by atoms with van der Waals surface area (Å²) in [6.45, 7) is 4.17. The van der Waals surface area contributed by atoms with Crippen LogP contribution in [0.3, 0.4) is 0 Å². The van der Waals surface area contributed by atoms with Crippen molar-refractivity contribution in [2.45, 2.75) is 43.7 Å². The number of aliphatic hydroxyl groups excluding tert-OH is 1. The van der Waals surface area contributed by atoms with E-state index in [1.165, 1.54) is 16.7 Å². The summed E-state index contributed by atoms with van der Waals surface area (Å²) in [5.74, 6) is -2.27. The molecule has 0 radical (unpaired) electrons. The van der Waals surface area contributed by atoms with Crippen LogP contribution < -0.4 is 15.2 Å². The lowest BCUT2D eigenvalue weighted by atomic mass is 9.79. The fourth-order valence-electron chi connectivity index (χ4n) is 4.10. The summed E-state index contributed by atoms with van der Waals surface area (Å²) >= 11 is 1.41. The Morgan fingerprint density at radius 3 is 2.74 bits per heavy atom. The third kappa shape index (κ3) is 3.87. The summed E-state index contributed by atoms with van der Waals surface area (Å²) in [5, 5.41) is 27.7. The molecule has 0 aromatic heterocycles. The predicted molar refractivity (Wildman–Crippen MR) is 98.5 cm³/mol. The molecule has 1 amide bonds. The number of aliphatic carboxylic acids is 1. The van der Waals surface area contributed by atoms with E-state index in [4.69, 9.17) is 5.14 Å². The number of hydrogen-bond acceptors (Lipinski definition) is 7. The van der Waals surface area contributed by atoms with Crippen molar-refractivity contribution in [3.05, 3.63) is 10.6 Å². The van der Waals surface area contributed by atoms with Gasteiger partial charge in [0.1, 0.15) is 5.70 Å². The minimum atomic E-state index is -3.76. The standard InChI is InChI=1S/C15H24N4O6S2/c1-6-11-10(7(2)20)14(21)19(11)12(15(22)23)13(6)26-9-3-8(17-5-9)4-18-27(16,24)25/h6-11,17-18,20H,3-5H2,1-2H3,(H,22,23)(H2,16,24,25)/t6?,7?,8?,9?,10?,11-/m0/s1. The summed E-state index contributed by atoms with van der Waals surface area (Å²) in [6, 6.07) is -0.435. The van der Waals surface area contributed by atoms with E-state index in [0.29, 0.717) is 17.9 Å². The summed E-state index contributed by atoms with van der Waals surface area (Å²) in [4.78, 5) is 26.1. The highest BCUT2D eigenvalue weighted by Gasteiger charge is 2.60. The number of aliphatic hydroxyl groups is 1. The average molecular weight is 421 g/mol. The van der Waals surface area contributed by atoms with Gasteiger partial charge in [0.05, 0.1) is 18.1 Å². The van der Waals surface area contributed by atoms with Crippen molar-refractivity contribution < 1.29 is 28.2 Å². The first-order valence-electron chi connectivity index (χ1n) is 8.67. The van der Waals surface area contributed by atoms with E-state index in [0.717, 1.165) is 0 Å². The Balaban J connectivity index is 1.71. The van der Waals surface area contributed by atoms with Gasteiger partial charge in [-0.05, 0) is 13.3 Å². The molecule has 0 aliphatic carbocycles. The second-order valence-corrected chi connectivity index (χ2v) is 9.97. The Morgan fingerprint density at radius 2 is 2.19 bits per heavy atom. The molecule has 2 fully saturated rings. The van der Waals surface area contributed by atoms with Crippen molar-refractivity contribution in [2.24, 2.45) is 17.0 Å². The molecule has 3 rings (SSSR count).